The summed E-state index contributed by atoms with van der Waals surface area (Å²) in [6.45, 7) is 2.20. The van der Waals surface area contributed by atoms with Crippen molar-refractivity contribution in [3.63, 3.8) is 0 Å². The molecule has 3 N–H and O–H groups in total. The van der Waals surface area contributed by atoms with Gasteiger partial charge < -0.3 is 11.1 Å². The summed E-state index contributed by atoms with van der Waals surface area (Å²) in [4.78, 5) is 15.5. The molecule has 1 aromatic heterocycles. The lowest BCUT2D eigenvalue weighted by atomic mass is 10.1. The van der Waals surface area contributed by atoms with Crippen molar-refractivity contribution in [1.29, 1.82) is 0 Å². The van der Waals surface area contributed by atoms with Crippen molar-refractivity contribution >= 4 is 17.3 Å². The summed E-state index contributed by atoms with van der Waals surface area (Å²) in [6, 6.07) is 1.72. The first-order chi connectivity index (χ1) is 8.74. The number of carbonyl (C=O) groups excluding carboxylic acids is 1. The van der Waals surface area contributed by atoms with E-state index in [0.29, 0.717) is 17.8 Å². The summed E-state index contributed by atoms with van der Waals surface area (Å²) in [5, 5.41) is 2.81. The molecule has 0 saturated heterocycles. The highest BCUT2D eigenvalue weighted by molar-refractivity contribution is 5.93. The largest absolute Gasteiger partial charge is 0.396 e. The number of carbonyl (C=O) groups is 1. The number of nitrogens with two attached hydrogens (primary N) is 1. The van der Waals surface area contributed by atoms with Gasteiger partial charge in [-0.2, -0.15) is 0 Å². The third-order valence-corrected chi connectivity index (χ3v) is 2.88. The maximum atomic E-state index is 11.7. The number of nitrogen functional groups attached to an aromatic ring is 1. The lowest BCUT2D eigenvalue weighted by Gasteiger charge is -2.07. The average molecular weight is 249 g/mol. The number of nitrogens with zero attached hydrogens (tertiary/aromatic N) is 1. The molecule has 0 saturated carbocycles. The first kappa shape index (κ1) is 14.5. The van der Waals surface area contributed by atoms with Crippen molar-refractivity contribution in [2.45, 2.75) is 51.9 Å². The minimum atomic E-state index is 0.0309. The number of unbranched alkanes of at least 4 members (excludes halogenated alkanes) is 5. The standard InChI is InChI=1S/C14H23N3O/c1-2-3-4-5-6-7-8-14(18)17-13-9-10-16-11-12(13)15/h9-11H,2-8,15H2,1H3,(H,16,17,18). The molecule has 100 valence electrons. The molecule has 1 aromatic rings. The Morgan fingerprint density at radius 3 is 2.72 bits per heavy atom. The smallest absolute Gasteiger partial charge is 0.224 e. The highest BCUT2D eigenvalue weighted by Gasteiger charge is 2.04. The monoisotopic (exact) mass is 249 g/mol. The van der Waals surface area contributed by atoms with Crippen molar-refractivity contribution in [1.82, 2.24) is 4.98 Å². The Labute approximate surface area is 109 Å². The molecule has 0 aliphatic carbocycles. The Kier molecular flexibility index (Phi) is 6.84. The Hall–Kier alpha value is -1.58. The van der Waals surface area contributed by atoms with Gasteiger partial charge in [0, 0.05) is 12.6 Å². The third-order valence-electron chi connectivity index (χ3n) is 2.88. The minimum absolute atomic E-state index is 0.0309. The van der Waals surface area contributed by atoms with Gasteiger partial charge in [0.25, 0.3) is 0 Å². The Morgan fingerprint density at radius 2 is 2.00 bits per heavy atom. The van der Waals surface area contributed by atoms with Crippen LogP contribution in [0.4, 0.5) is 11.4 Å². The molecule has 0 unspecified atom stereocenters. The Balaban J connectivity index is 2.16. The third kappa shape index (κ3) is 5.66. The molecule has 4 heteroatoms. The number of anilines is 2. The van der Waals surface area contributed by atoms with Crippen LogP contribution in [-0.4, -0.2) is 10.9 Å². The normalized spacial score (nSPS) is 10.3. The zero-order valence-electron chi connectivity index (χ0n) is 11.1. The van der Waals surface area contributed by atoms with Crippen molar-refractivity contribution < 1.29 is 4.79 Å². The molecule has 0 spiro atoms. The number of nitrogens with one attached hydrogen (secondary N) is 1. The first-order valence-electron chi connectivity index (χ1n) is 6.73. The predicted octanol–water partition coefficient (Wildman–Crippen LogP) is 3.35. The number of pyridine rings is 1. The van der Waals surface area contributed by atoms with Crippen LogP contribution in [0, 0.1) is 0 Å². The summed E-state index contributed by atoms with van der Waals surface area (Å²) in [5.74, 6) is 0.0309. The molecule has 1 heterocycles. The van der Waals surface area contributed by atoms with E-state index in [1.54, 1.807) is 18.5 Å². The van der Waals surface area contributed by atoms with Gasteiger partial charge in [0.2, 0.25) is 5.91 Å². The van der Waals surface area contributed by atoms with E-state index in [0.717, 1.165) is 12.8 Å². The van der Waals surface area contributed by atoms with Crippen LogP contribution >= 0.6 is 0 Å². The molecule has 4 nitrogen and oxygen atoms in total. The maximum absolute atomic E-state index is 11.7. The molecule has 0 atom stereocenters. The highest BCUT2D eigenvalue weighted by Crippen LogP contribution is 2.16. The zero-order valence-corrected chi connectivity index (χ0v) is 11.1. The Bertz CT molecular complexity index is 366. The van der Waals surface area contributed by atoms with Gasteiger partial charge in [0.1, 0.15) is 0 Å². The van der Waals surface area contributed by atoms with Crippen molar-refractivity contribution in [3.05, 3.63) is 18.5 Å². The first-order valence-corrected chi connectivity index (χ1v) is 6.73. The van der Waals surface area contributed by atoms with Gasteiger partial charge in [-0.05, 0) is 12.5 Å². The average Bonchev–Trinajstić information content (AvgIpc) is 2.36. The summed E-state index contributed by atoms with van der Waals surface area (Å²) in [7, 11) is 0. The van der Waals surface area contributed by atoms with Crippen LogP contribution < -0.4 is 11.1 Å². The van der Waals surface area contributed by atoms with E-state index in [-0.39, 0.29) is 5.91 Å². The SMILES string of the molecule is CCCCCCCCC(=O)Nc1ccncc1N. The number of aromatic nitrogens is 1. The van der Waals surface area contributed by atoms with Crippen LogP contribution in [-0.2, 0) is 4.79 Å². The lowest BCUT2D eigenvalue weighted by molar-refractivity contribution is -0.116. The van der Waals surface area contributed by atoms with Crippen LogP contribution in [0.5, 0.6) is 0 Å². The second kappa shape index (κ2) is 8.50. The molecule has 1 rings (SSSR count). The van der Waals surface area contributed by atoms with Gasteiger partial charge in [-0.25, -0.2) is 0 Å². The summed E-state index contributed by atoms with van der Waals surface area (Å²) >= 11 is 0. The second-order valence-corrected chi connectivity index (χ2v) is 4.53. The zero-order chi connectivity index (χ0) is 13.2. The molecule has 1 amide bonds. The van der Waals surface area contributed by atoms with Gasteiger partial charge in [-0.15, -0.1) is 0 Å². The molecule has 18 heavy (non-hydrogen) atoms. The van der Waals surface area contributed by atoms with Gasteiger partial charge in [-0.1, -0.05) is 39.0 Å². The minimum Gasteiger partial charge on any atom is -0.396 e. The fourth-order valence-electron chi connectivity index (χ4n) is 1.80. The van der Waals surface area contributed by atoms with Crippen LogP contribution in [0.25, 0.3) is 0 Å². The van der Waals surface area contributed by atoms with Crippen LogP contribution in [0.2, 0.25) is 0 Å². The van der Waals surface area contributed by atoms with E-state index in [1.807, 2.05) is 0 Å². The molecule has 0 bridgehead atoms. The number of hydrogen-bond acceptors (Lipinski definition) is 3. The number of amides is 1. The molecule has 0 aliphatic heterocycles. The fraction of sp³-hybridized carbons (Fsp3) is 0.571. The van der Waals surface area contributed by atoms with Gasteiger partial charge in [-0.3, -0.25) is 9.78 Å². The van der Waals surface area contributed by atoms with E-state index < -0.39 is 0 Å². The quantitative estimate of drug-likeness (QED) is 0.694. The van der Waals surface area contributed by atoms with E-state index in [2.05, 4.69) is 17.2 Å². The number of hydrogen-bond donors (Lipinski definition) is 2. The predicted molar refractivity (Wildman–Crippen MR) is 75.3 cm³/mol. The van der Waals surface area contributed by atoms with Crippen LogP contribution in [0.1, 0.15) is 51.9 Å². The molecule has 0 aromatic carbocycles. The highest BCUT2D eigenvalue weighted by atomic mass is 16.1. The Morgan fingerprint density at radius 1 is 1.28 bits per heavy atom. The van der Waals surface area contributed by atoms with E-state index in [9.17, 15) is 4.79 Å². The molecule has 0 aliphatic rings. The second-order valence-electron chi connectivity index (χ2n) is 4.53. The topological polar surface area (TPSA) is 68.0 Å². The van der Waals surface area contributed by atoms with Gasteiger partial charge in [0.15, 0.2) is 0 Å². The van der Waals surface area contributed by atoms with Crippen LogP contribution in [0.3, 0.4) is 0 Å². The molecular weight excluding hydrogens is 226 g/mol. The number of rotatable bonds is 8. The molecular formula is C14H23N3O. The van der Waals surface area contributed by atoms with E-state index in [4.69, 9.17) is 5.73 Å². The lowest BCUT2D eigenvalue weighted by Crippen LogP contribution is -2.12. The fourth-order valence-corrected chi connectivity index (χ4v) is 1.80. The van der Waals surface area contributed by atoms with E-state index in [1.165, 1.54) is 25.7 Å². The van der Waals surface area contributed by atoms with Gasteiger partial charge in [0.05, 0.1) is 17.6 Å². The van der Waals surface area contributed by atoms with Crippen molar-refractivity contribution in [3.8, 4) is 0 Å². The van der Waals surface area contributed by atoms with Crippen molar-refractivity contribution in [2.24, 2.45) is 0 Å². The molecule has 0 radical (unpaired) electrons. The molecule has 0 fully saturated rings. The maximum Gasteiger partial charge on any atom is 0.224 e. The van der Waals surface area contributed by atoms with Crippen LogP contribution in [0.15, 0.2) is 18.5 Å². The van der Waals surface area contributed by atoms with E-state index >= 15 is 0 Å². The van der Waals surface area contributed by atoms with Gasteiger partial charge >= 0.3 is 0 Å². The summed E-state index contributed by atoms with van der Waals surface area (Å²) in [5.41, 5.74) is 6.86. The van der Waals surface area contributed by atoms with Crippen molar-refractivity contribution in [2.75, 3.05) is 11.1 Å². The summed E-state index contributed by atoms with van der Waals surface area (Å²) in [6.07, 6.45) is 10.8. The summed E-state index contributed by atoms with van der Waals surface area (Å²) < 4.78 is 0.